The Hall–Kier alpha value is -1.96. The Morgan fingerprint density at radius 3 is 2.59 bits per heavy atom. The van der Waals surface area contributed by atoms with Crippen LogP contribution in [0.1, 0.15) is 24.8 Å². The van der Waals surface area contributed by atoms with Gasteiger partial charge in [-0.25, -0.2) is 0 Å². The fourth-order valence-electron chi connectivity index (χ4n) is 2.28. The van der Waals surface area contributed by atoms with Crippen LogP contribution in [0.4, 0.5) is 3.89 Å². The first-order valence-corrected chi connectivity index (χ1v) is 8.35. The quantitative estimate of drug-likeness (QED) is 0.795. The normalized spacial score (nSPS) is 19.1. The smallest absolute Gasteiger partial charge is 0.332 e. The Morgan fingerprint density at radius 1 is 1.27 bits per heavy atom. The average molecular weight is 328 g/mol. The van der Waals surface area contributed by atoms with E-state index in [1.54, 1.807) is 0 Å². The van der Waals surface area contributed by atoms with Crippen molar-refractivity contribution in [2.24, 2.45) is 0 Å². The Bertz CT molecular complexity index is 658. The number of benzene rings is 1. The van der Waals surface area contributed by atoms with Gasteiger partial charge in [0.2, 0.25) is 11.8 Å². The summed E-state index contributed by atoms with van der Waals surface area (Å²) in [5, 5.41) is 5.38. The van der Waals surface area contributed by atoms with E-state index in [0.29, 0.717) is 18.5 Å². The Kier molecular flexibility index (Phi) is 5.12. The van der Waals surface area contributed by atoms with Crippen LogP contribution < -0.4 is 10.6 Å². The van der Waals surface area contributed by atoms with Gasteiger partial charge >= 0.3 is 10.2 Å². The maximum Gasteiger partial charge on any atom is 0.332 e. The van der Waals surface area contributed by atoms with Crippen LogP contribution in [-0.4, -0.2) is 32.8 Å². The number of hydrogen-bond donors (Lipinski definition) is 2. The van der Waals surface area contributed by atoms with E-state index in [-0.39, 0.29) is 18.2 Å². The van der Waals surface area contributed by atoms with Crippen molar-refractivity contribution < 1.29 is 21.9 Å². The van der Waals surface area contributed by atoms with Gasteiger partial charge in [-0.15, -0.1) is 3.89 Å². The van der Waals surface area contributed by atoms with E-state index in [4.69, 9.17) is 0 Å². The van der Waals surface area contributed by atoms with Gasteiger partial charge in [0.25, 0.3) is 0 Å². The molecule has 1 aromatic carbocycles. The van der Waals surface area contributed by atoms with Crippen LogP contribution >= 0.6 is 0 Å². The fourth-order valence-corrected chi connectivity index (χ4v) is 2.74. The molecule has 0 spiro atoms. The van der Waals surface area contributed by atoms with Crippen molar-refractivity contribution in [2.75, 3.05) is 6.54 Å². The van der Waals surface area contributed by atoms with Gasteiger partial charge in [0.05, 0.1) is 11.3 Å². The number of carbonyl (C=O) groups excluding carboxylic acids is 2. The third kappa shape index (κ3) is 4.52. The summed E-state index contributed by atoms with van der Waals surface area (Å²) in [5.74, 6) is -0.525. The Balaban J connectivity index is 1.95. The molecule has 8 heteroatoms. The standard InChI is InChI=1S/C14H17FN2O4S/c15-22(20,21)11-6-4-10(5-7-11)9-13(18)17-12-3-1-2-8-16-14(12)19/h4-7,12H,1-3,8-9H2,(H,16,19)(H,17,18). The second-order valence-electron chi connectivity index (χ2n) is 5.17. The van der Waals surface area contributed by atoms with Gasteiger partial charge in [-0.3, -0.25) is 9.59 Å². The molecule has 120 valence electrons. The minimum atomic E-state index is -4.74. The topological polar surface area (TPSA) is 92.3 Å². The molecule has 0 radical (unpaired) electrons. The highest BCUT2D eigenvalue weighted by molar-refractivity contribution is 7.86. The first kappa shape index (κ1) is 16.4. The van der Waals surface area contributed by atoms with Crippen LogP contribution in [0.2, 0.25) is 0 Å². The van der Waals surface area contributed by atoms with Gasteiger partial charge in [-0.2, -0.15) is 8.42 Å². The molecule has 1 heterocycles. The molecule has 1 atom stereocenters. The summed E-state index contributed by atoms with van der Waals surface area (Å²) >= 11 is 0. The largest absolute Gasteiger partial charge is 0.354 e. The lowest BCUT2D eigenvalue weighted by molar-refractivity contribution is -0.128. The molecule has 0 saturated carbocycles. The summed E-state index contributed by atoms with van der Waals surface area (Å²) in [6, 6.07) is 4.42. The lowest BCUT2D eigenvalue weighted by Gasteiger charge is -2.15. The van der Waals surface area contributed by atoms with Gasteiger partial charge in [0.1, 0.15) is 6.04 Å². The SMILES string of the molecule is O=C(Cc1ccc(S(=O)(=O)F)cc1)NC1CCCCNC1=O. The predicted molar refractivity (Wildman–Crippen MR) is 77.2 cm³/mol. The van der Waals surface area contributed by atoms with Crippen LogP contribution in [0, 0.1) is 0 Å². The highest BCUT2D eigenvalue weighted by atomic mass is 32.3. The van der Waals surface area contributed by atoms with Crippen molar-refractivity contribution in [3.63, 3.8) is 0 Å². The zero-order chi connectivity index (χ0) is 16.2. The first-order valence-electron chi connectivity index (χ1n) is 6.97. The third-order valence-electron chi connectivity index (χ3n) is 3.44. The zero-order valence-electron chi connectivity index (χ0n) is 11.8. The van der Waals surface area contributed by atoms with Crippen LogP contribution in [0.15, 0.2) is 29.2 Å². The highest BCUT2D eigenvalue weighted by Crippen LogP contribution is 2.13. The summed E-state index contributed by atoms with van der Waals surface area (Å²) in [7, 11) is -4.74. The lowest BCUT2D eigenvalue weighted by Crippen LogP contribution is -2.45. The molecule has 0 bridgehead atoms. The molecule has 2 rings (SSSR count). The second kappa shape index (κ2) is 6.87. The van der Waals surface area contributed by atoms with Crippen molar-refractivity contribution in [3.05, 3.63) is 29.8 Å². The molecule has 0 aliphatic carbocycles. The van der Waals surface area contributed by atoms with Crippen LogP contribution in [0.25, 0.3) is 0 Å². The monoisotopic (exact) mass is 328 g/mol. The first-order chi connectivity index (χ1) is 10.4. The number of nitrogens with one attached hydrogen (secondary N) is 2. The van der Waals surface area contributed by atoms with Crippen molar-refractivity contribution in [3.8, 4) is 0 Å². The van der Waals surface area contributed by atoms with Crippen molar-refractivity contribution in [1.29, 1.82) is 0 Å². The Morgan fingerprint density at radius 2 is 1.95 bits per heavy atom. The molecule has 1 aromatic rings. The maximum atomic E-state index is 12.8. The molecule has 2 N–H and O–H groups in total. The number of amides is 2. The van der Waals surface area contributed by atoms with E-state index >= 15 is 0 Å². The molecule has 1 aliphatic heterocycles. The molecule has 1 unspecified atom stereocenters. The van der Waals surface area contributed by atoms with Crippen molar-refractivity contribution in [2.45, 2.75) is 36.6 Å². The number of halogens is 1. The van der Waals surface area contributed by atoms with E-state index in [1.807, 2.05) is 0 Å². The zero-order valence-corrected chi connectivity index (χ0v) is 12.7. The van der Waals surface area contributed by atoms with E-state index in [1.165, 1.54) is 12.1 Å². The average Bonchev–Trinajstić information content (AvgIpc) is 2.64. The number of carbonyl (C=O) groups is 2. The molecule has 6 nitrogen and oxygen atoms in total. The lowest BCUT2D eigenvalue weighted by atomic mass is 10.1. The molecular formula is C14H17FN2O4S. The summed E-state index contributed by atoms with van der Waals surface area (Å²) in [6.45, 7) is 0.615. The molecular weight excluding hydrogens is 311 g/mol. The van der Waals surface area contributed by atoms with E-state index < -0.39 is 21.2 Å². The van der Waals surface area contributed by atoms with Gasteiger partial charge in [-0.05, 0) is 37.0 Å². The summed E-state index contributed by atoms with van der Waals surface area (Å²) in [6.07, 6.45) is 2.33. The third-order valence-corrected chi connectivity index (χ3v) is 4.28. The number of rotatable bonds is 4. The van der Waals surface area contributed by atoms with Gasteiger partial charge < -0.3 is 10.6 Å². The van der Waals surface area contributed by atoms with E-state index in [0.717, 1.165) is 25.0 Å². The summed E-state index contributed by atoms with van der Waals surface area (Å²) < 4.78 is 34.2. The van der Waals surface area contributed by atoms with Crippen LogP contribution in [0.3, 0.4) is 0 Å². The molecule has 0 aromatic heterocycles. The van der Waals surface area contributed by atoms with Gasteiger partial charge in [-0.1, -0.05) is 12.1 Å². The molecule has 1 aliphatic rings. The summed E-state index contributed by atoms with van der Waals surface area (Å²) in [5.41, 5.74) is 0.541. The summed E-state index contributed by atoms with van der Waals surface area (Å²) in [4.78, 5) is 23.2. The predicted octanol–water partition coefficient (Wildman–Crippen LogP) is 0.672. The van der Waals surface area contributed by atoms with Crippen molar-refractivity contribution in [1.82, 2.24) is 10.6 Å². The van der Waals surface area contributed by atoms with Gasteiger partial charge in [0, 0.05) is 6.54 Å². The minimum Gasteiger partial charge on any atom is -0.354 e. The second-order valence-corrected chi connectivity index (χ2v) is 6.51. The van der Waals surface area contributed by atoms with Crippen molar-refractivity contribution >= 4 is 22.0 Å². The highest BCUT2D eigenvalue weighted by Gasteiger charge is 2.22. The molecule has 22 heavy (non-hydrogen) atoms. The number of hydrogen-bond acceptors (Lipinski definition) is 4. The van der Waals surface area contributed by atoms with Gasteiger partial charge in [0.15, 0.2) is 0 Å². The minimum absolute atomic E-state index is 0.00358. The fraction of sp³-hybridized carbons (Fsp3) is 0.429. The maximum absolute atomic E-state index is 12.8. The van der Waals surface area contributed by atoms with Crippen LogP contribution in [0.5, 0.6) is 0 Å². The van der Waals surface area contributed by atoms with E-state index in [9.17, 15) is 21.9 Å². The Labute approximate surface area is 128 Å². The molecule has 2 amide bonds. The van der Waals surface area contributed by atoms with Crippen LogP contribution in [-0.2, 0) is 26.2 Å². The molecule has 1 fully saturated rings. The molecule has 1 saturated heterocycles. The van der Waals surface area contributed by atoms with E-state index in [2.05, 4.69) is 10.6 Å².